The first-order valence-electron chi connectivity index (χ1n) is 14.1. The quantitative estimate of drug-likeness (QED) is 0.324. The Labute approximate surface area is 219 Å². The van der Waals surface area contributed by atoms with E-state index in [9.17, 15) is 9.59 Å². The van der Waals surface area contributed by atoms with Crippen molar-refractivity contribution in [1.82, 2.24) is 10.3 Å². The van der Waals surface area contributed by atoms with E-state index in [1.807, 2.05) is 18.2 Å². The highest BCUT2D eigenvalue weighted by molar-refractivity contribution is 5.91. The van der Waals surface area contributed by atoms with Gasteiger partial charge in [-0.05, 0) is 42.7 Å². The zero-order chi connectivity index (χ0) is 25.6. The normalized spacial score (nSPS) is 25.3. The molecular formula is C30H40N2O5. The third-order valence-electron chi connectivity index (χ3n) is 8.65. The summed E-state index contributed by atoms with van der Waals surface area (Å²) in [5.41, 5.74) is 2.44. The van der Waals surface area contributed by atoms with Crippen LogP contribution in [0, 0.1) is 11.8 Å². The zero-order valence-electron chi connectivity index (χ0n) is 22.0. The van der Waals surface area contributed by atoms with Crippen molar-refractivity contribution in [3.05, 3.63) is 53.2 Å². The summed E-state index contributed by atoms with van der Waals surface area (Å²) < 4.78 is 17.1. The van der Waals surface area contributed by atoms with Crippen molar-refractivity contribution in [2.24, 2.45) is 11.8 Å². The van der Waals surface area contributed by atoms with Gasteiger partial charge in [0.05, 0.1) is 31.7 Å². The summed E-state index contributed by atoms with van der Waals surface area (Å²) in [7, 11) is 1.42. The number of amides is 1. The van der Waals surface area contributed by atoms with E-state index in [1.54, 1.807) is 0 Å². The first-order chi connectivity index (χ1) is 18.1. The number of hydrogen-bond donors (Lipinski definition) is 1. The van der Waals surface area contributed by atoms with Crippen molar-refractivity contribution in [2.75, 3.05) is 13.7 Å². The van der Waals surface area contributed by atoms with Gasteiger partial charge in [0.1, 0.15) is 6.26 Å². The highest BCUT2D eigenvalue weighted by Crippen LogP contribution is 2.50. The standard InChI is InChI=1S/C30H40N2O5/c1-35-27(33)18-22-13-6-5-12-21(22)17-23-25-14-15-26(37-25)28(23)30-32-24(19-36-30)29(34)31-16-8-7-11-20-9-3-2-4-10-20/h5-6,12-13,19-20,23,25-26,28H,2-4,7-11,14-18H2,1H3,(H,31,34)/t23-,25-,26+,28-/m0/s1. The molecule has 1 N–H and O–H groups in total. The monoisotopic (exact) mass is 508 g/mol. The van der Waals surface area contributed by atoms with Crippen molar-refractivity contribution >= 4 is 11.9 Å². The van der Waals surface area contributed by atoms with Crippen LogP contribution in [0.15, 0.2) is 34.9 Å². The number of rotatable bonds is 11. The fraction of sp³-hybridized carbons (Fsp3) is 0.633. The molecule has 3 aliphatic rings. The fourth-order valence-corrected chi connectivity index (χ4v) is 6.66. The summed E-state index contributed by atoms with van der Waals surface area (Å²) in [5.74, 6) is 1.24. The molecule has 2 aliphatic heterocycles. The molecule has 3 heterocycles. The van der Waals surface area contributed by atoms with Crippen LogP contribution in [0.3, 0.4) is 0 Å². The summed E-state index contributed by atoms with van der Waals surface area (Å²) in [6, 6.07) is 8.01. The second kappa shape index (κ2) is 12.2. The molecule has 1 aromatic heterocycles. The molecule has 2 saturated heterocycles. The maximum absolute atomic E-state index is 12.7. The highest BCUT2D eigenvalue weighted by atomic mass is 16.5. The van der Waals surface area contributed by atoms with Crippen LogP contribution in [0.5, 0.6) is 0 Å². The second-order valence-electron chi connectivity index (χ2n) is 11.0. The number of ether oxygens (including phenoxy) is 2. The number of fused-ring (bicyclic) bond motifs is 2. The van der Waals surface area contributed by atoms with Crippen LogP contribution in [-0.4, -0.2) is 42.7 Å². The zero-order valence-corrected chi connectivity index (χ0v) is 22.0. The largest absolute Gasteiger partial charge is 0.469 e. The highest BCUT2D eigenvalue weighted by Gasteiger charge is 2.51. The number of aromatic nitrogens is 1. The van der Waals surface area contributed by atoms with Crippen LogP contribution in [0.25, 0.3) is 0 Å². The average molecular weight is 509 g/mol. The Hall–Kier alpha value is -2.67. The third-order valence-corrected chi connectivity index (χ3v) is 8.65. The molecule has 3 fully saturated rings. The minimum absolute atomic E-state index is 0.00183. The van der Waals surface area contributed by atoms with Crippen molar-refractivity contribution in [3.8, 4) is 0 Å². The fourth-order valence-electron chi connectivity index (χ4n) is 6.66. The molecule has 0 spiro atoms. The summed E-state index contributed by atoms with van der Waals surface area (Å²) >= 11 is 0. The lowest BCUT2D eigenvalue weighted by Crippen LogP contribution is -2.28. The number of carbonyl (C=O) groups is 2. The molecule has 1 aromatic carbocycles. The van der Waals surface area contributed by atoms with Crippen molar-refractivity contribution in [2.45, 2.75) is 95.2 Å². The lowest BCUT2D eigenvalue weighted by Gasteiger charge is -2.26. The topological polar surface area (TPSA) is 90.7 Å². The van der Waals surface area contributed by atoms with Crippen LogP contribution in [0.1, 0.15) is 97.6 Å². The van der Waals surface area contributed by atoms with E-state index in [1.165, 1.54) is 51.9 Å². The molecule has 4 atom stereocenters. The summed E-state index contributed by atoms with van der Waals surface area (Å²) in [6.45, 7) is 0.671. The molecule has 200 valence electrons. The number of carbonyl (C=O) groups excluding carboxylic acids is 2. The Balaban J connectivity index is 1.18. The Morgan fingerprint density at radius 2 is 1.81 bits per heavy atom. The van der Waals surface area contributed by atoms with Gasteiger partial charge >= 0.3 is 5.97 Å². The first-order valence-corrected chi connectivity index (χ1v) is 14.1. The number of unbranched alkanes of at least 4 members (excludes halogenated alkanes) is 1. The van der Waals surface area contributed by atoms with E-state index in [0.717, 1.165) is 49.1 Å². The molecule has 2 bridgehead atoms. The van der Waals surface area contributed by atoms with E-state index in [2.05, 4.69) is 16.4 Å². The van der Waals surface area contributed by atoms with Crippen molar-refractivity contribution in [3.63, 3.8) is 0 Å². The van der Waals surface area contributed by atoms with Gasteiger partial charge in [-0.3, -0.25) is 9.59 Å². The summed E-state index contributed by atoms with van der Waals surface area (Å²) in [6.07, 6.45) is 15.0. The number of benzene rings is 1. The predicted octanol–water partition coefficient (Wildman–Crippen LogP) is 5.37. The Morgan fingerprint density at radius 1 is 1.03 bits per heavy atom. The Kier molecular flexibility index (Phi) is 8.59. The lowest BCUT2D eigenvalue weighted by atomic mass is 9.75. The van der Waals surface area contributed by atoms with Gasteiger partial charge in [0, 0.05) is 12.5 Å². The van der Waals surface area contributed by atoms with Gasteiger partial charge in [0.25, 0.3) is 5.91 Å². The van der Waals surface area contributed by atoms with Crippen LogP contribution >= 0.6 is 0 Å². The third kappa shape index (κ3) is 6.25. The van der Waals surface area contributed by atoms with Gasteiger partial charge in [-0.25, -0.2) is 4.98 Å². The number of oxazole rings is 1. The molecule has 5 rings (SSSR count). The Morgan fingerprint density at radius 3 is 2.62 bits per heavy atom. The molecule has 37 heavy (non-hydrogen) atoms. The van der Waals surface area contributed by atoms with Gasteiger partial charge in [-0.2, -0.15) is 0 Å². The van der Waals surface area contributed by atoms with Gasteiger partial charge in [0.2, 0.25) is 5.89 Å². The average Bonchev–Trinajstić information content (AvgIpc) is 3.67. The number of hydrogen-bond acceptors (Lipinski definition) is 6. The maximum Gasteiger partial charge on any atom is 0.309 e. The van der Waals surface area contributed by atoms with E-state index in [4.69, 9.17) is 13.9 Å². The molecule has 7 nitrogen and oxygen atoms in total. The van der Waals surface area contributed by atoms with Crippen LogP contribution in [0.2, 0.25) is 0 Å². The van der Waals surface area contributed by atoms with Crippen LogP contribution in [-0.2, 0) is 27.1 Å². The van der Waals surface area contributed by atoms with E-state index < -0.39 is 0 Å². The minimum atomic E-state index is -0.245. The number of methoxy groups -OCH3 is 1. The van der Waals surface area contributed by atoms with E-state index >= 15 is 0 Å². The van der Waals surface area contributed by atoms with E-state index in [0.29, 0.717) is 18.1 Å². The van der Waals surface area contributed by atoms with Crippen molar-refractivity contribution in [1.29, 1.82) is 0 Å². The van der Waals surface area contributed by atoms with Gasteiger partial charge < -0.3 is 19.2 Å². The molecule has 1 amide bonds. The summed E-state index contributed by atoms with van der Waals surface area (Å²) in [4.78, 5) is 29.3. The molecule has 2 aromatic rings. The van der Waals surface area contributed by atoms with Gasteiger partial charge in [0.15, 0.2) is 5.69 Å². The summed E-state index contributed by atoms with van der Waals surface area (Å²) in [5, 5.41) is 3.02. The molecule has 1 saturated carbocycles. The maximum atomic E-state index is 12.7. The van der Waals surface area contributed by atoms with E-state index in [-0.39, 0.29) is 42.3 Å². The van der Waals surface area contributed by atoms with Crippen molar-refractivity contribution < 1.29 is 23.5 Å². The van der Waals surface area contributed by atoms with Gasteiger partial charge in [-0.15, -0.1) is 0 Å². The molecular weight excluding hydrogens is 468 g/mol. The predicted molar refractivity (Wildman–Crippen MR) is 139 cm³/mol. The Bertz CT molecular complexity index is 1060. The molecule has 7 heteroatoms. The smallest absolute Gasteiger partial charge is 0.309 e. The molecule has 0 unspecified atom stereocenters. The molecule has 1 aliphatic carbocycles. The number of nitrogens with one attached hydrogen (secondary N) is 1. The lowest BCUT2D eigenvalue weighted by molar-refractivity contribution is -0.139. The van der Waals surface area contributed by atoms with Gasteiger partial charge in [-0.1, -0.05) is 69.2 Å². The number of esters is 1. The second-order valence-corrected chi connectivity index (χ2v) is 11.0. The molecule has 0 radical (unpaired) electrons. The SMILES string of the molecule is COC(=O)Cc1ccccc1C[C@@H]1[C@H](c2nc(C(=O)NCCCCC3CCCCC3)co2)[C@H]2CC[C@@H]1O2. The van der Waals surface area contributed by atoms with Crippen LogP contribution < -0.4 is 5.32 Å². The minimum Gasteiger partial charge on any atom is -0.469 e. The first kappa shape index (κ1) is 26.0. The number of nitrogens with zero attached hydrogens (tertiary/aromatic N) is 1. The van der Waals surface area contributed by atoms with Crippen LogP contribution in [0.4, 0.5) is 0 Å².